The maximum absolute atomic E-state index is 12.1. The van der Waals surface area contributed by atoms with Crippen LogP contribution in [0.4, 0.5) is 10.5 Å². The van der Waals surface area contributed by atoms with Crippen LogP contribution >= 0.6 is 0 Å². The van der Waals surface area contributed by atoms with E-state index in [0.717, 1.165) is 11.3 Å². The monoisotopic (exact) mass is 325 g/mol. The van der Waals surface area contributed by atoms with Crippen molar-refractivity contribution >= 4 is 11.7 Å². The van der Waals surface area contributed by atoms with E-state index in [1.54, 1.807) is 24.7 Å². The minimum atomic E-state index is -0.298. The fraction of sp³-hybridized carbons (Fsp3) is 0.235. The summed E-state index contributed by atoms with van der Waals surface area (Å²) in [6, 6.07) is 9.30. The van der Waals surface area contributed by atoms with Crippen molar-refractivity contribution in [1.29, 1.82) is 0 Å². The molecule has 0 saturated heterocycles. The molecule has 3 rings (SSSR count). The number of aryl methyl sites for hydroxylation is 2. The van der Waals surface area contributed by atoms with E-state index in [9.17, 15) is 4.79 Å². The first-order chi connectivity index (χ1) is 11.5. The zero-order valence-electron chi connectivity index (χ0n) is 13.8. The highest BCUT2D eigenvalue weighted by atomic mass is 16.5. The van der Waals surface area contributed by atoms with Gasteiger partial charge in [-0.2, -0.15) is 5.10 Å². The van der Waals surface area contributed by atoms with Crippen LogP contribution < -0.4 is 10.6 Å². The van der Waals surface area contributed by atoms with Crippen molar-refractivity contribution in [2.45, 2.75) is 26.8 Å². The standard InChI is InChI=1S/C17H19N5O2/c1-11(19-17(23)20-16-12(2)21-24-13(16)3)14-5-7-15(8-6-14)22-10-4-9-18-22/h4-11H,1-3H3,(H2,19,20,23). The number of rotatable bonds is 4. The maximum atomic E-state index is 12.1. The van der Waals surface area contributed by atoms with Crippen molar-refractivity contribution in [1.82, 2.24) is 20.3 Å². The van der Waals surface area contributed by atoms with Gasteiger partial charge in [-0.1, -0.05) is 17.3 Å². The predicted molar refractivity (Wildman–Crippen MR) is 90.1 cm³/mol. The Labute approximate surface area is 139 Å². The molecule has 7 nitrogen and oxygen atoms in total. The molecule has 0 aliphatic carbocycles. The molecule has 0 saturated carbocycles. The van der Waals surface area contributed by atoms with Crippen LogP contribution in [0.1, 0.15) is 30.0 Å². The van der Waals surface area contributed by atoms with Crippen LogP contribution in [-0.2, 0) is 0 Å². The maximum Gasteiger partial charge on any atom is 0.319 e. The van der Waals surface area contributed by atoms with E-state index in [1.807, 2.05) is 43.5 Å². The predicted octanol–water partition coefficient (Wildman–Crippen LogP) is 3.36. The minimum absolute atomic E-state index is 0.142. The van der Waals surface area contributed by atoms with Gasteiger partial charge in [0.2, 0.25) is 0 Å². The smallest absolute Gasteiger partial charge is 0.319 e. The number of amides is 2. The van der Waals surface area contributed by atoms with Gasteiger partial charge in [-0.25, -0.2) is 9.48 Å². The third-order valence-corrected chi connectivity index (χ3v) is 3.78. The number of nitrogens with one attached hydrogen (secondary N) is 2. The summed E-state index contributed by atoms with van der Waals surface area (Å²) in [6.45, 7) is 5.46. The number of nitrogens with zero attached hydrogens (tertiary/aromatic N) is 3. The Kier molecular flexibility index (Phi) is 4.33. The summed E-state index contributed by atoms with van der Waals surface area (Å²) in [6.07, 6.45) is 3.62. The van der Waals surface area contributed by atoms with E-state index in [4.69, 9.17) is 4.52 Å². The molecule has 0 spiro atoms. The Hall–Kier alpha value is -3.09. The average molecular weight is 325 g/mol. The molecule has 124 valence electrons. The third kappa shape index (κ3) is 3.29. The molecule has 0 aliphatic heterocycles. The molecular formula is C17H19N5O2. The van der Waals surface area contributed by atoms with E-state index in [1.165, 1.54) is 0 Å². The topological polar surface area (TPSA) is 85.0 Å². The highest BCUT2D eigenvalue weighted by molar-refractivity contribution is 5.90. The van der Waals surface area contributed by atoms with Gasteiger partial charge in [0.15, 0.2) is 5.76 Å². The molecule has 2 amide bonds. The summed E-state index contributed by atoms with van der Waals surface area (Å²) in [5.41, 5.74) is 3.23. The molecule has 24 heavy (non-hydrogen) atoms. The molecule has 0 radical (unpaired) electrons. The zero-order valence-corrected chi connectivity index (χ0v) is 13.8. The SMILES string of the molecule is Cc1noc(C)c1NC(=O)NC(C)c1ccc(-n2cccn2)cc1. The number of hydrogen-bond acceptors (Lipinski definition) is 4. The van der Waals surface area contributed by atoms with Crippen molar-refractivity contribution in [3.63, 3.8) is 0 Å². The Morgan fingerprint density at radius 1 is 1.25 bits per heavy atom. The van der Waals surface area contributed by atoms with E-state index in [2.05, 4.69) is 20.9 Å². The first-order valence-corrected chi connectivity index (χ1v) is 7.65. The normalized spacial score (nSPS) is 12.0. The minimum Gasteiger partial charge on any atom is -0.359 e. The highest BCUT2D eigenvalue weighted by Crippen LogP contribution is 2.19. The van der Waals surface area contributed by atoms with Crippen molar-refractivity contribution in [2.75, 3.05) is 5.32 Å². The number of benzene rings is 1. The molecular weight excluding hydrogens is 306 g/mol. The van der Waals surface area contributed by atoms with Gasteiger partial charge in [0.25, 0.3) is 0 Å². The van der Waals surface area contributed by atoms with Crippen molar-refractivity contribution in [3.8, 4) is 5.69 Å². The molecule has 1 atom stereocenters. The second-order valence-electron chi connectivity index (χ2n) is 5.56. The first-order valence-electron chi connectivity index (χ1n) is 7.65. The van der Waals surface area contributed by atoms with E-state index in [-0.39, 0.29) is 12.1 Å². The van der Waals surface area contributed by atoms with Crippen LogP contribution in [0.3, 0.4) is 0 Å². The highest BCUT2D eigenvalue weighted by Gasteiger charge is 2.14. The van der Waals surface area contributed by atoms with Gasteiger partial charge in [-0.05, 0) is 44.5 Å². The number of carbonyl (C=O) groups is 1. The second-order valence-corrected chi connectivity index (χ2v) is 5.56. The summed E-state index contributed by atoms with van der Waals surface area (Å²) in [7, 11) is 0. The van der Waals surface area contributed by atoms with Crippen LogP contribution in [0.15, 0.2) is 47.2 Å². The fourth-order valence-corrected chi connectivity index (χ4v) is 2.43. The molecule has 7 heteroatoms. The van der Waals surface area contributed by atoms with E-state index < -0.39 is 0 Å². The Morgan fingerprint density at radius 2 is 2.00 bits per heavy atom. The lowest BCUT2D eigenvalue weighted by atomic mass is 10.1. The van der Waals surface area contributed by atoms with Crippen LogP contribution in [0, 0.1) is 13.8 Å². The van der Waals surface area contributed by atoms with Gasteiger partial charge >= 0.3 is 6.03 Å². The molecule has 2 heterocycles. The molecule has 0 bridgehead atoms. The first kappa shape index (κ1) is 15.8. The van der Waals surface area contributed by atoms with Gasteiger partial charge in [-0.3, -0.25) is 0 Å². The Bertz CT molecular complexity index is 802. The number of hydrogen-bond donors (Lipinski definition) is 2. The molecule has 2 N–H and O–H groups in total. The van der Waals surface area contributed by atoms with E-state index >= 15 is 0 Å². The van der Waals surface area contributed by atoms with Crippen LogP contribution in [0.2, 0.25) is 0 Å². The summed E-state index contributed by atoms with van der Waals surface area (Å²) in [4.78, 5) is 12.1. The summed E-state index contributed by atoms with van der Waals surface area (Å²) >= 11 is 0. The summed E-state index contributed by atoms with van der Waals surface area (Å²) in [5.74, 6) is 0.582. The number of carbonyl (C=O) groups excluding carboxylic acids is 1. The van der Waals surface area contributed by atoms with Crippen molar-refractivity contribution in [2.24, 2.45) is 0 Å². The molecule has 2 aromatic heterocycles. The number of urea groups is 1. The zero-order chi connectivity index (χ0) is 17.1. The number of aromatic nitrogens is 3. The third-order valence-electron chi connectivity index (χ3n) is 3.78. The molecule has 1 unspecified atom stereocenters. The molecule has 3 aromatic rings. The van der Waals surface area contributed by atoms with Gasteiger partial charge < -0.3 is 15.2 Å². The lowest BCUT2D eigenvalue weighted by Gasteiger charge is -2.15. The van der Waals surface area contributed by atoms with Crippen molar-refractivity contribution < 1.29 is 9.32 Å². The van der Waals surface area contributed by atoms with Crippen LogP contribution in [0.5, 0.6) is 0 Å². The van der Waals surface area contributed by atoms with Gasteiger partial charge in [0.05, 0.1) is 11.7 Å². The van der Waals surface area contributed by atoms with Gasteiger partial charge in [0, 0.05) is 12.4 Å². The summed E-state index contributed by atoms with van der Waals surface area (Å²) < 4.78 is 6.82. The van der Waals surface area contributed by atoms with Crippen LogP contribution in [-0.4, -0.2) is 21.0 Å². The Morgan fingerprint density at radius 3 is 2.58 bits per heavy atom. The average Bonchev–Trinajstić information content (AvgIpc) is 3.21. The Balaban J connectivity index is 1.64. The number of anilines is 1. The van der Waals surface area contributed by atoms with E-state index in [0.29, 0.717) is 17.1 Å². The van der Waals surface area contributed by atoms with Gasteiger partial charge in [0.1, 0.15) is 11.4 Å². The quantitative estimate of drug-likeness (QED) is 0.770. The fourth-order valence-electron chi connectivity index (χ4n) is 2.43. The summed E-state index contributed by atoms with van der Waals surface area (Å²) in [5, 5.41) is 13.7. The second kappa shape index (κ2) is 6.57. The van der Waals surface area contributed by atoms with Crippen LogP contribution in [0.25, 0.3) is 5.69 Å². The molecule has 0 aliphatic rings. The molecule has 1 aromatic carbocycles. The van der Waals surface area contributed by atoms with Crippen molar-refractivity contribution in [3.05, 3.63) is 59.7 Å². The largest absolute Gasteiger partial charge is 0.359 e. The molecule has 0 fully saturated rings. The lowest BCUT2D eigenvalue weighted by molar-refractivity contribution is 0.249. The van der Waals surface area contributed by atoms with Gasteiger partial charge in [-0.15, -0.1) is 0 Å². The lowest BCUT2D eigenvalue weighted by Crippen LogP contribution is -2.31.